The number of rotatable bonds is 7. The fourth-order valence-electron chi connectivity index (χ4n) is 3.11. The standard InChI is InChI=1S/C23H38O3S/c1-9-11-17(21(25)26-14-16(27)10-2)15-12-18(22(3,4)5)20(24)19(13-15)23(6,7)8/h12-13,16-17,24,27H,9-11,14H2,1-8H3. The topological polar surface area (TPSA) is 46.5 Å². The highest BCUT2D eigenvalue weighted by molar-refractivity contribution is 7.81. The predicted molar refractivity (Wildman–Crippen MR) is 117 cm³/mol. The Hall–Kier alpha value is -1.16. The highest BCUT2D eigenvalue weighted by Crippen LogP contribution is 2.41. The van der Waals surface area contributed by atoms with Crippen LogP contribution in [-0.2, 0) is 20.4 Å². The van der Waals surface area contributed by atoms with Gasteiger partial charge in [0.2, 0.25) is 0 Å². The molecular weight excluding hydrogens is 356 g/mol. The summed E-state index contributed by atoms with van der Waals surface area (Å²) < 4.78 is 5.57. The fraction of sp³-hybridized carbons (Fsp3) is 0.696. The normalized spacial score (nSPS) is 14.7. The van der Waals surface area contributed by atoms with Gasteiger partial charge in [-0.05, 0) is 40.4 Å². The van der Waals surface area contributed by atoms with Gasteiger partial charge in [-0.1, -0.05) is 73.9 Å². The highest BCUT2D eigenvalue weighted by atomic mass is 32.1. The number of phenols is 1. The third-order valence-electron chi connectivity index (χ3n) is 4.90. The minimum atomic E-state index is -0.324. The van der Waals surface area contributed by atoms with E-state index in [-0.39, 0.29) is 28.0 Å². The molecule has 3 nitrogen and oxygen atoms in total. The molecule has 0 bridgehead atoms. The highest BCUT2D eigenvalue weighted by Gasteiger charge is 2.30. The first-order chi connectivity index (χ1) is 12.3. The molecule has 154 valence electrons. The molecule has 1 rings (SSSR count). The number of hydrogen-bond acceptors (Lipinski definition) is 4. The number of carbonyl (C=O) groups excluding carboxylic acids is 1. The van der Waals surface area contributed by atoms with Crippen molar-refractivity contribution in [3.63, 3.8) is 0 Å². The van der Waals surface area contributed by atoms with E-state index in [9.17, 15) is 9.90 Å². The first-order valence-corrected chi connectivity index (χ1v) is 10.6. The van der Waals surface area contributed by atoms with E-state index < -0.39 is 0 Å². The van der Waals surface area contributed by atoms with E-state index in [1.54, 1.807) is 0 Å². The quantitative estimate of drug-likeness (QED) is 0.432. The summed E-state index contributed by atoms with van der Waals surface area (Å²) in [7, 11) is 0. The minimum Gasteiger partial charge on any atom is -0.507 e. The molecule has 1 aromatic rings. The van der Waals surface area contributed by atoms with E-state index in [4.69, 9.17) is 4.74 Å². The van der Waals surface area contributed by atoms with Crippen LogP contribution in [0.2, 0.25) is 0 Å². The molecule has 0 heterocycles. The summed E-state index contributed by atoms with van der Waals surface area (Å²) in [4.78, 5) is 12.8. The van der Waals surface area contributed by atoms with E-state index in [1.165, 1.54) is 0 Å². The van der Waals surface area contributed by atoms with Gasteiger partial charge in [0, 0.05) is 5.25 Å². The Bertz CT molecular complexity index is 603. The Morgan fingerprint density at radius 1 is 1.07 bits per heavy atom. The molecule has 27 heavy (non-hydrogen) atoms. The smallest absolute Gasteiger partial charge is 0.313 e. The largest absolute Gasteiger partial charge is 0.507 e. The lowest BCUT2D eigenvalue weighted by atomic mass is 9.76. The Balaban J connectivity index is 3.43. The summed E-state index contributed by atoms with van der Waals surface area (Å²) in [5.41, 5.74) is 2.24. The third kappa shape index (κ3) is 6.44. The van der Waals surface area contributed by atoms with Crippen molar-refractivity contribution in [1.29, 1.82) is 0 Å². The molecule has 0 aromatic heterocycles. The van der Waals surface area contributed by atoms with E-state index >= 15 is 0 Å². The molecule has 2 atom stereocenters. The van der Waals surface area contributed by atoms with Crippen LogP contribution < -0.4 is 0 Å². The van der Waals surface area contributed by atoms with Crippen LogP contribution in [0.5, 0.6) is 5.75 Å². The summed E-state index contributed by atoms with van der Waals surface area (Å²) in [5, 5.41) is 11.0. The first kappa shape index (κ1) is 23.9. The minimum absolute atomic E-state index is 0.0614. The fourth-order valence-corrected chi connectivity index (χ4v) is 3.18. The zero-order valence-corrected chi connectivity index (χ0v) is 19.2. The van der Waals surface area contributed by atoms with Crippen LogP contribution in [0.15, 0.2) is 12.1 Å². The number of hydrogen-bond donors (Lipinski definition) is 2. The second-order valence-electron chi connectivity index (χ2n) is 9.50. The van der Waals surface area contributed by atoms with Crippen LogP contribution in [0.4, 0.5) is 0 Å². The van der Waals surface area contributed by atoms with Crippen molar-refractivity contribution in [2.45, 2.75) is 96.7 Å². The molecule has 0 amide bonds. The van der Waals surface area contributed by atoms with Gasteiger partial charge in [-0.25, -0.2) is 0 Å². The molecule has 0 radical (unpaired) electrons. The zero-order valence-electron chi connectivity index (χ0n) is 18.3. The van der Waals surface area contributed by atoms with Gasteiger partial charge in [0.1, 0.15) is 12.4 Å². The van der Waals surface area contributed by atoms with Crippen LogP contribution in [0, 0.1) is 0 Å². The maximum atomic E-state index is 12.8. The van der Waals surface area contributed by atoms with Gasteiger partial charge in [0.25, 0.3) is 0 Å². The predicted octanol–water partition coefficient (Wildman–Crippen LogP) is 6.12. The van der Waals surface area contributed by atoms with Crippen molar-refractivity contribution in [3.05, 3.63) is 28.8 Å². The average Bonchev–Trinajstić information content (AvgIpc) is 2.55. The van der Waals surface area contributed by atoms with Crippen molar-refractivity contribution in [3.8, 4) is 5.75 Å². The Morgan fingerprint density at radius 3 is 1.93 bits per heavy atom. The third-order valence-corrected chi connectivity index (χ3v) is 5.42. The number of esters is 1. The summed E-state index contributed by atoms with van der Waals surface area (Å²) in [6.45, 7) is 16.9. The molecule has 1 aromatic carbocycles. The van der Waals surface area contributed by atoms with Crippen molar-refractivity contribution in [2.24, 2.45) is 0 Å². The van der Waals surface area contributed by atoms with Crippen molar-refractivity contribution < 1.29 is 14.6 Å². The summed E-state index contributed by atoms with van der Waals surface area (Å²) in [6, 6.07) is 3.98. The van der Waals surface area contributed by atoms with Crippen LogP contribution in [-0.4, -0.2) is 22.9 Å². The zero-order chi connectivity index (χ0) is 21.0. The van der Waals surface area contributed by atoms with Gasteiger partial charge in [-0.2, -0.15) is 12.6 Å². The second-order valence-corrected chi connectivity index (χ2v) is 10.2. The Kier molecular flexibility index (Phi) is 8.28. The van der Waals surface area contributed by atoms with E-state index in [2.05, 4.69) is 61.1 Å². The lowest BCUT2D eigenvalue weighted by molar-refractivity contribution is -0.145. The van der Waals surface area contributed by atoms with Crippen LogP contribution in [0.1, 0.15) is 97.3 Å². The van der Waals surface area contributed by atoms with Gasteiger partial charge >= 0.3 is 5.97 Å². The molecule has 1 N–H and O–H groups in total. The lowest BCUT2D eigenvalue weighted by Crippen LogP contribution is -2.23. The molecule has 0 aliphatic rings. The molecule has 4 heteroatoms. The number of phenolic OH excluding ortho intramolecular Hbond substituents is 1. The lowest BCUT2D eigenvalue weighted by Gasteiger charge is -2.29. The van der Waals surface area contributed by atoms with E-state index in [0.29, 0.717) is 12.4 Å². The maximum Gasteiger partial charge on any atom is 0.313 e. The van der Waals surface area contributed by atoms with Crippen LogP contribution >= 0.6 is 12.6 Å². The van der Waals surface area contributed by atoms with E-state index in [0.717, 1.165) is 36.0 Å². The molecule has 0 saturated carbocycles. The van der Waals surface area contributed by atoms with Crippen molar-refractivity contribution in [2.75, 3.05) is 6.61 Å². The number of ether oxygens (including phenoxy) is 1. The van der Waals surface area contributed by atoms with Gasteiger partial charge in [0.05, 0.1) is 5.92 Å². The SMILES string of the molecule is CCCC(C(=O)OCC(S)CC)c1cc(C(C)(C)C)c(O)c(C(C)(C)C)c1. The molecule has 0 spiro atoms. The number of aromatic hydroxyl groups is 1. The molecule has 0 fully saturated rings. The Labute approximate surface area is 171 Å². The molecular formula is C23H38O3S. The second kappa shape index (κ2) is 9.36. The van der Waals surface area contributed by atoms with Gasteiger partial charge in [0.15, 0.2) is 0 Å². The molecule has 0 aliphatic heterocycles. The van der Waals surface area contributed by atoms with Gasteiger partial charge in [-0.15, -0.1) is 0 Å². The summed E-state index contributed by atoms with van der Waals surface area (Å²) in [5.74, 6) is -0.186. The Morgan fingerprint density at radius 2 is 1.56 bits per heavy atom. The number of thiol groups is 1. The average molecular weight is 395 g/mol. The van der Waals surface area contributed by atoms with Crippen molar-refractivity contribution >= 4 is 18.6 Å². The summed E-state index contributed by atoms with van der Waals surface area (Å²) >= 11 is 4.42. The van der Waals surface area contributed by atoms with Crippen molar-refractivity contribution in [1.82, 2.24) is 0 Å². The molecule has 0 aliphatic carbocycles. The van der Waals surface area contributed by atoms with Crippen LogP contribution in [0.25, 0.3) is 0 Å². The van der Waals surface area contributed by atoms with Gasteiger partial charge in [-0.3, -0.25) is 4.79 Å². The van der Waals surface area contributed by atoms with E-state index in [1.807, 2.05) is 19.1 Å². The van der Waals surface area contributed by atoms with Gasteiger partial charge < -0.3 is 9.84 Å². The monoisotopic (exact) mass is 394 g/mol. The van der Waals surface area contributed by atoms with Crippen LogP contribution in [0.3, 0.4) is 0 Å². The molecule has 2 unspecified atom stereocenters. The number of carbonyl (C=O) groups is 1. The molecule has 0 saturated heterocycles. The number of benzene rings is 1. The summed E-state index contributed by atoms with van der Waals surface area (Å²) in [6.07, 6.45) is 2.46. The first-order valence-electron chi connectivity index (χ1n) is 10.0. The maximum absolute atomic E-state index is 12.8.